The van der Waals surface area contributed by atoms with E-state index in [1.165, 1.54) is 29.5 Å². The molecule has 0 saturated carbocycles. The highest BCUT2D eigenvalue weighted by Gasteiger charge is 2.45. The van der Waals surface area contributed by atoms with Crippen molar-refractivity contribution in [3.8, 4) is 11.5 Å². The van der Waals surface area contributed by atoms with Gasteiger partial charge >= 0.3 is 0 Å². The maximum Gasteiger partial charge on any atom is 0.126 e. The molecule has 3 heteroatoms. The summed E-state index contributed by atoms with van der Waals surface area (Å²) >= 11 is 0. The lowest BCUT2D eigenvalue weighted by molar-refractivity contribution is 0.0538. The lowest BCUT2D eigenvalue weighted by Crippen LogP contribution is -2.51. The number of fused-ring (bicyclic) bond motifs is 1. The Kier molecular flexibility index (Phi) is 3.97. The molecule has 2 heterocycles. The number of methoxy groups -OCH3 is 1. The van der Waals surface area contributed by atoms with Crippen LogP contribution in [-0.4, -0.2) is 30.7 Å². The molecule has 2 aliphatic rings. The van der Waals surface area contributed by atoms with Gasteiger partial charge in [0.2, 0.25) is 0 Å². The lowest BCUT2D eigenvalue weighted by atomic mass is 9.85. The van der Waals surface area contributed by atoms with E-state index in [9.17, 15) is 0 Å². The number of nitrogens with zero attached hydrogens (tertiary/aromatic N) is 1. The molecule has 24 heavy (non-hydrogen) atoms. The Hall–Kier alpha value is -2.00. The molecule has 2 aromatic carbocycles. The Balaban J connectivity index is 1.61. The van der Waals surface area contributed by atoms with Crippen LogP contribution in [0.3, 0.4) is 0 Å². The molecule has 1 atom stereocenters. The van der Waals surface area contributed by atoms with E-state index in [4.69, 9.17) is 9.47 Å². The molecule has 2 aromatic rings. The van der Waals surface area contributed by atoms with Crippen molar-refractivity contribution in [2.24, 2.45) is 0 Å². The summed E-state index contributed by atoms with van der Waals surface area (Å²) in [6.45, 7) is 5.05. The van der Waals surface area contributed by atoms with Gasteiger partial charge in [-0.05, 0) is 44.0 Å². The normalized spacial score (nSPS) is 23.1. The van der Waals surface area contributed by atoms with E-state index in [0.29, 0.717) is 0 Å². The molecule has 1 spiro atoms. The predicted molar refractivity (Wildman–Crippen MR) is 95.7 cm³/mol. The second-order valence-corrected chi connectivity index (χ2v) is 7.14. The van der Waals surface area contributed by atoms with Gasteiger partial charge in [0.1, 0.15) is 18.1 Å². The number of hydrogen-bond acceptors (Lipinski definition) is 3. The topological polar surface area (TPSA) is 21.7 Å². The molecular weight excluding hydrogens is 298 g/mol. The minimum absolute atomic E-state index is 0.104. The molecule has 4 rings (SSSR count). The molecule has 1 fully saturated rings. The quantitative estimate of drug-likeness (QED) is 0.853. The first-order valence-electron chi connectivity index (χ1n) is 8.79. The van der Waals surface area contributed by atoms with E-state index in [2.05, 4.69) is 42.2 Å². The van der Waals surface area contributed by atoms with Gasteiger partial charge in [-0.1, -0.05) is 35.9 Å². The molecular formula is C21H25NO2. The molecule has 0 aliphatic carbocycles. The Morgan fingerprint density at radius 3 is 2.79 bits per heavy atom. The van der Waals surface area contributed by atoms with Crippen molar-refractivity contribution in [2.75, 3.05) is 20.3 Å². The van der Waals surface area contributed by atoms with Crippen LogP contribution in [0.5, 0.6) is 11.5 Å². The summed E-state index contributed by atoms with van der Waals surface area (Å²) in [7, 11) is 1.75. The molecule has 1 unspecified atom stereocenters. The summed E-state index contributed by atoms with van der Waals surface area (Å²) in [4.78, 5) is 2.62. The maximum absolute atomic E-state index is 6.17. The molecule has 0 bridgehead atoms. The standard InChI is InChI=1S/C21H25NO2/c1-16-7-9-17(10-8-16)14-22-12-4-11-21(22)13-18-19(23-2)5-3-6-20(18)24-15-21/h3,5-10H,4,11-15H2,1-2H3. The van der Waals surface area contributed by atoms with Crippen molar-refractivity contribution in [3.05, 3.63) is 59.2 Å². The van der Waals surface area contributed by atoms with Crippen molar-refractivity contribution in [1.29, 1.82) is 0 Å². The molecule has 126 valence electrons. The number of benzene rings is 2. The highest BCUT2D eigenvalue weighted by molar-refractivity contribution is 5.47. The summed E-state index contributed by atoms with van der Waals surface area (Å²) < 4.78 is 11.8. The van der Waals surface area contributed by atoms with E-state index < -0.39 is 0 Å². The summed E-state index contributed by atoms with van der Waals surface area (Å²) in [6, 6.07) is 15.0. The van der Waals surface area contributed by atoms with Crippen LogP contribution in [0.15, 0.2) is 42.5 Å². The van der Waals surface area contributed by atoms with Crippen molar-refractivity contribution in [1.82, 2.24) is 4.90 Å². The first kappa shape index (κ1) is 15.5. The highest BCUT2D eigenvalue weighted by atomic mass is 16.5. The number of ether oxygens (including phenoxy) is 2. The Morgan fingerprint density at radius 2 is 2.00 bits per heavy atom. The van der Waals surface area contributed by atoms with E-state index in [0.717, 1.165) is 37.6 Å². The molecule has 0 aromatic heterocycles. The summed E-state index contributed by atoms with van der Waals surface area (Å²) in [6.07, 6.45) is 3.44. The summed E-state index contributed by atoms with van der Waals surface area (Å²) in [5, 5.41) is 0. The zero-order valence-electron chi connectivity index (χ0n) is 14.5. The third-order valence-electron chi connectivity index (χ3n) is 5.55. The van der Waals surface area contributed by atoms with Crippen LogP contribution in [0.2, 0.25) is 0 Å². The SMILES string of the molecule is COc1cccc2c1CC1(CCCN1Cc1ccc(C)cc1)CO2. The van der Waals surface area contributed by atoms with E-state index in [-0.39, 0.29) is 5.54 Å². The first-order chi connectivity index (χ1) is 11.7. The molecule has 0 N–H and O–H groups in total. The van der Waals surface area contributed by atoms with Crippen LogP contribution in [0, 0.1) is 6.92 Å². The van der Waals surface area contributed by atoms with Crippen LogP contribution >= 0.6 is 0 Å². The van der Waals surface area contributed by atoms with Gasteiger partial charge in [-0.3, -0.25) is 4.90 Å². The fraction of sp³-hybridized carbons (Fsp3) is 0.429. The number of aryl methyl sites for hydroxylation is 1. The Bertz CT molecular complexity index is 711. The van der Waals surface area contributed by atoms with Gasteiger partial charge in [0.25, 0.3) is 0 Å². The third kappa shape index (κ3) is 2.67. The largest absolute Gasteiger partial charge is 0.496 e. The van der Waals surface area contributed by atoms with E-state index >= 15 is 0 Å². The molecule has 0 radical (unpaired) electrons. The summed E-state index contributed by atoms with van der Waals surface area (Å²) in [5.41, 5.74) is 4.02. The van der Waals surface area contributed by atoms with Gasteiger partial charge in [0, 0.05) is 18.5 Å². The highest BCUT2D eigenvalue weighted by Crippen LogP contribution is 2.43. The minimum Gasteiger partial charge on any atom is -0.496 e. The number of hydrogen-bond donors (Lipinski definition) is 0. The average Bonchev–Trinajstić information content (AvgIpc) is 2.98. The predicted octanol–water partition coefficient (Wildman–Crippen LogP) is 3.97. The zero-order valence-corrected chi connectivity index (χ0v) is 14.5. The van der Waals surface area contributed by atoms with Crippen LogP contribution < -0.4 is 9.47 Å². The number of likely N-dealkylation sites (tertiary alicyclic amines) is 1. The smallest absolute Gasteiger partial charge is 0.126 e. The van der Waals surface area contributed by atoms with Gasteiger partial charge in [-0.25, -0.2) is 0 Å². The summed E-state index contributed by atoms with van der Waals surface area (Å²) in [5.74, 6) is 1.94. The second-order valence-electron chi connectivity index (χ2n) is 7.14. The Labute approximate surface area is 144 Å². The monoisotopic (exact) mass is 323 g/mol. The van der Waals surface area contributed by atoms with Crippen molar-refractivity contribution in [2.45, 2.75) is 38.3 Å². The molecule has 2 aliphatic heterocycles. The van der Waals surface area contributed by atoms with Gasteiger partial charge < -0.3 is 9.47 Å². The average molecular weight is 323 g/mol. The number of rotatable bonds is 3. The van der Waals surface area contributed by atoms with E-state index in [1.54, 1.807) is 7.11 Å². The van der Waals surface area contributed by atoms with Gasteiger partial charge in [-0.15, -0.1) is 0 Å². The molecule has 0 amide bonds. The van der Waals surface area contributed by atoms with Crippen LogP contribution in [0.25, 0.3) is 0 Å². The van der Waals surface area contributed by atoms with Gasteiger partial charge in [0.05, 0.1) is 12.6 Å². The van der Waals surface area contributed by atoms with Gasteiger partial charge in [0.15, 0.2) is 0 Å². The first-order valence-corrected chi connectivity index (χ1v) is 8.79. The molecule has 3 nitrogen and oxygen atoms in total. The van der Waals surface area contributed by atoms with Crippen molar-refractivity contribution >= 4 is 0 Å². The second kappa shape index (κ2) is 6.14. The zero-order chi connectivity index (χ0) is 16.6. The fourth-order valence-corrected chi connectivity index (χ4v) is 4.16. The lowest BCUT2D eigenvalue weighted by Gasteiger charge is -2.42. The fourth-order valence-electron chi connectivity index (χ4n) is 4.16. The molecule has 1 saturated heterocycles. The van der Waals surface area contributed by atoms with Gasteiger partial charge in [-0.2, -0.15) is 0 Å². The van der Waals surface area contributed by atoms with Crippen LogP contribution in [0.1, 0.15) is 29.5 Å². The minimum atomic E-state index is 0.104. The third-order valence-corrected chi connectivity index (χ3v) is 5.55. The van der Waals surface area contributed by atoms with Crippen LogP contribution in [-0.2, 0) is 13.0 Å². The van der Waals surface area contributed by atoms with Crippen molar-refractivity contribution < 1.29 is 9.47 Å². The van der Waals surface area contributed by atoms with Crippen LogP contribution in [0.4, 0.5) is 0 Å². The maximum atomic E-state index is 6.17. The van der Waals surface area contributed by atoms with Crippen molar-refractivity contribution in [3.63, 3.8) is 0 Å². The van der Waals surface area contributed by atoms with E-state index in [1.807, 2.05) is 12.1 Å². The Morgan fingerprint density at radius 1 is 1.17 bits per heavy atom.